The Kier molecular flexibility index (Phi) is 5.53. The zero-order chi connectivity index (χ0) is 11.8. The number of hydrogen-bond donors (Lipinski definition) is 3. The highest BCUT2D eigenvalue weighted by Gasteiger charge is 1.97. The van der Waals surface area contributed by atoms with Gasteiger partial charge in [-0.1, -0.05) is 24.3 Å². The lowest BCUT2D eigenvalue weighted by Crippen LogP contribution is -2.24. The summed E-state index contributed by atoms with van der Waals surface area (Å²) in [5, 5.41) is 11.3. The van der Waals surface area contributed by atoms with Gasteiger partial charge in [-0.05, 0) is 37.1 Å². The van der Waals surface area contributed by atoms with Gasteiger partial charge in [0.2, 0.25) is 0 Å². The van der Waals surface area contributed by atoms with Crippen LogP contribution in [0.25, 0.3) is 0 Å². The van der Waals surface area contributed by atoms with Crippen LogP contribution in [0.15, 0.2) is 24.3 Å². The fourth-order valence-corrected chi connectivity index (χ4v) is 1.54. The van der Waals surface area contributed by atoms with E-state index in [1.165, 1.54) is 11.1 Å². The first-order valence-corrected chi connectivity index (χ1v) is 5.43. The fraction of sp³-hybridized carbons (Fsp3) is 0.417. The van der Waals surface area contributed by atoms with Gasteiger partial charge in [-0.25, -0.2) is 0 Å². The van der Waals surface area contributed by atoms with Crippen LogP contribution in [0.5, 0.6) is 0 Å². The lowest BCUT2D eigenvalue weighted by Gasteiger charge is -2.05. The molecule has 0 atom stereocenters. The number of nitrogens with two attached hydrogens (primary N) is 1. The van der Waals surface area contributed by atoms with Crippen molar-refractivity contribution < 1.29 is 9.90 Å². The number of carbonyl (C=O) groups is 1. The second-order valence-electron chi connectivity index (χ2n) is 3.68. The molecule has 0 radical (unpaired) electrons. The molecule has 0 aliphatic rings. The molecule has 0 heterocycles. The van der Waals surface area contributed by atoms with Crippen molar-refractivity contribution in [1.29, 1.82) is 0 Å². The third-order valence-corrected chi connectivity index (χ3v) is 2.29. The summed E-state index contributed by atoms with van der Waals surface area (Å²) in [5.41, 5.74) is 7.93. The number of carboxylic acids is 1. The first-order valence-electron chi connectivity index (χ1n) is 5.43. The van der Waals surface area contributed by atoms with E-state index < -0.39 is 5.97 Å². The van der Waals surface area contributed by atoms with E-state index in [-0.39, 0.29) is 6.54 Å². The van der Waals surface area contributed by atoms with Crippen molar-refractivity contribution in [3.8, 4) is 0 Å². The first-order chi connectivity index (χ1) is 7.72. The molecule has 0 fully saturated rings. The molecule has 0 saturated heterocycles. The Balaban J connectivity index is 2.35. The van der Waals surface area contributed by atoms with Gasteiger partial charge in [0.15, 0.2) is 0 Å². The molecule has 0 aliphatic carbocycles. The van der Waals surface area contributed by atoms with Gasteiger partial charge in [-0.15, -0.1) is 0 Å². The summed E-state index contributed by atoms with van der Waals surface area (Å²) in [5.74, 6) is -0.822. The van der Waals surface area contributed by atoms with E-state index in [0.29, 0.717) is 13.1 Å². The van der Waals surface area contributed by atoms with E-state index in [1.54, 1.807) is 0 Å². The normalized spacial score (nSPS) is 10.3. The average molecular weight is 222 g/mol. The zero-order valence-electron chi connectivity index (χ0n) is 9.28. The van der Waals surface area contributed by atoms with E-state index in [2.05, 4.69) is 17.4 Å². The topological polar surface area (TPSA) is 75.3 Å². The van der Waals surface area contributed by atoms with Gasteiger partial charge in [-0.3, -0.25) is 4.79 Å². The molecule has 1 aromatic carbocycles. The molecule has 0 unspecified atom stereocenters. The molecule has 88 valence electrons. The third-order valence-electron chi connectivity index (χ3n) is 2.29. The Morgan fingerprint density at radius 3 is 2.62 bits per heavy atom. The Hall–Kier alpha value is -1.39. The molecule has 0 aromatic heterocycles. The van der Waals surface area contributed by atoms with Crippen molar-refractivity contribution in [2.24, 2.45) is 5.73 Å². The van der Waals surface area contributed by atoms with Crippen molar-refractivity contribution in [2.75, 3.05) is 19.6 Å². The van der Waals surface area contributed by atoms with E-state index in [9.17, 15) is 4.79 Å². The van der Waals surface area contributed by atoms with Crippen LogP contribution in [0.1, 0.15) is 11.1 Å². The minimum Gasteiger partial charge on any atom is -0.480 e. The Morgan fingerprint density at radius 1 is 1.31 bits per heavy atom. The van der Waals surface area contributed by atoms with Crippen LogP contribution in [-0.2, 0) is 17.6 Å². The summed E-state index contributed by atoms with van der Waals surface area (Å²) >= 11 is 0. The highest BCUT2D eigenvalue weighted by Crippen LogP contribution is 2.05. The van der Waals surface area contributed by atoms with Crippen LogP contribution < -0.4 is 11.1 Å². The molecular weight excluding hydrogens is 204 g/mol. The smallest absolute Gasteiger partial charge is 0.317 e. The lowest BCUT2D eigenvalue weighted by molar-refractivity contribution is -0.135. The van der Waals surface area contributed by atoms with Crippen molar-refractivity contribution >= 4 is 5.97 Å². The predicted molar refractivity (Wildman–Crippen MR) is 63.4 cm³/mol. The van der Waals surface area contributed by atoms with E-state index >= 15 is 0 Å². The second-order valence-corrected chi connectivity index (χ2v) is 3.68. The van der Waals surface area contributed by atoms with Gasteiger partial charge in [-0.2, -0.15) is 0 Å². The maximum Gasteiger partial charge on any atom is 0.317 e. The maximum absolute atomic E-state index is 10.3. The molecule has 16 heavy (non-hydrogen) atoms. The molecule has 4 nitrogen and oxygen atoms in total. The number of rotatable bonds is 7. The van der Waals surface area contributed by atoms with E-state index in [4.69, 9.17) is 10.8 Å². The second kappa shape index (κ2) is 6.98. The van der Waals surface area contributed by atoms with Crippen LogP contribution in [0.3, 0.4) is 0 Å². The minimum absolute atomic E-state index is 0.0164. The van der Waals surface area contributed by atoms with Gasteiger partial charge in [0, 0.05) is 0 Å². The largest absolute Gasteiger partial charge is 0.480 e. The molecule has 0 amide bonds. The lowest BCUT2D eigenvalue weighted by atomic mass is 10.1. The fourth-order valence-electron chi connectivity index (χ4n) is 1.54. The number of nitrogens with one attached hydrogen (secondary N) is 1. The van der Waals surface area contributed by atoms with Crippen LogP contribution in [0.2, 0.25) is 0 Å². The SMILES string of the molecule is NCCc1cccc(CCNCC(=O)O)c1. The highest BCUT2D eigenvalue weighted by atomic mass is 16.4. The van der Waals surface area contributed by atoms with E-state index in [1.807, 2.05) is 12.1 Å². The quantitative estimate of drug-likeness (QED) is 0.584. The highest BCUT2D eigenvalue weighted by molar-refractivity contribution is 5.68. The summed E-state index contributed by atoms with van der Waals surface area (Å²) in [6.45, 7) is 1.35. The standard InChI is InChI=1S/C12H18N2O2/c13-6-4-10-2-1-3-11(8-10)5-7-14-9-12(15)16/h1-3,8,14H,4-7,9,13H2,(H,15,16). The van der Waals surface area contributed by atoms with Crippen LogP contribution in [0, 0.1) is 0 Å². The summed E-state index contributed by atoms with van der Waals surface area (Å²) in [6, 6.07) is 8.23. The van der Waals surface area contributed by atoms with Gasteiger partial charge in [0.25, 0.3) is 0 Å². The van der Waals surface area contributed by atoms with Crippen molar-refractivity contribution in [1.82, 2.24) is 5.32 Å². The molecule has 1 rings (SSSR count). The molecule has 0 saturated carbocycles. The Labute approximate surface area is 95.5 Å². The van der Waals surface area contributed by atoms with Crippen molar-refractivity contribution in [3.63, 3.8) is 0 Å². The molecule has 0 spiro atoms. The van der Waals surface area contributed by atoms with Crippen LogP contribution in [0.4, 0.5) is 0 Å². The van der Waals surface area contributed by atoms with Gasteiger partial charge < -0.3 is 16.2 Å². The van der Waals surface area contributed by atoms with Crippen molar-refractivity contribution in [3.05, 3.63) is 35.4 Å². The third kappa shape index (κ3) is 4.91. The zero-order valence-corrected chi connectivity index (χ0v) is 9.28. The van der Waals surface area contributed by atoms with Crippen molar-refractivity contribution in [2.45, 2.75) is 12.8 Å². The average Bonchev–Trinajstić information content (AvgIpc) is 2.25. The predicted octanol–water partition coefficient (Wildman–Crippen LogP) is 0.405. The minimum atomic E-state index is -0.822. The number of hydrogen-bond acceptors (Lipinski definition) is 3. The molecule has 0 bridgehead atoms. The van der Waals surface area contributed by atoms with Gasteiger partial charge >= 0.3 is 5.97 Å². The molecule has 0 aliphatic heterocycles. The Bertz CT molecular complexity index is 340. The molecule has 4 heteroatoms. The van der Waals surface area contributed by atoms with Gasteiger partial charge in [0.1, 0.15) is 0 Å². The molecule has 1 aromatic rings. The number of aliphatic carboxylic acids is 1. The summed E-state index contributed by atoms with van der Waals surface area (Å²) in [4.78, 5) is 10.3. The summed E-state index contributed by atoms with van der Waals surface area (Å²) < 4.78 is 0. The molecule has 4 N–H and O–H groups in total. The molecular formula is C12H18N2O2. The summed E-state index contributed by atoms with van der Waals surface area (Å²) in [6.07, 6.45) is 1.72. The van der Waals surface area contributed by atoms with Gasteiger partial charge in [0.05, 0.1) is 6.54 Å². The van der Waals surface area contributed by atoms with E-state index in [0.717, 1.165) is 12.8 Å². The van der Waals surface area contributed by atoms with Crippen LogP contribution >= 0.6 is 0 Å². The number of benzene rings is 1. The maximum atomic E-state index is 10.3. The summed E-state index contributed by atoms with van der Waals surface area (Å²) in [7, 11) is 0. The first kappa shape index (κ1) is 12.7. The Morgan fingerprint density at radius 2 is 2.00 bits per heavy atom. The monoisotopic (exact) mass is 222 g/mol. The number of carboxylic acid groups (broad SMARTS) is 1. The van der Waals surface area contributed by atoms with Crippen LogP contribution in [-0.4, -0.2) is 30.7 Å².